The molecule has 0 saturated carbocycles. The van der Waals surface area contributed by atoms with E-state index >= 15 is 0 Å². The lowest BCUT2D eigenvalue weighted by Crippen LogP contribution is -2.45. The number of halogens is 1. The van der Waals surface area contributed by atoms with Crippen LogP contribution in [0.5, 0.6) is 0 Å². The van der Waals surface area contributed by atoms with Crippen molar-refractivity contribution < 1.29 is 4.42 Å². The summed E-state index contributed by atoms with van der Waals surface area (Å²) < 4.78 is 6.28. The molecular formula is C11H14BrN3O. The Morgan fingerprint density at radius 2 is 2.25 bits per heavy atom. The molecule has 1 N–H and O–H groups in total. The smallest absolute Gasteiger partial charge is 0.169 e. The molecule has 0 amide bonds. The van der Waals surface area contributed by atoms with Gasteiger partial charge in [-0.05, 0) is 28.1 Å². The van der Waals surface area contributed by atoms with Gasteiger partial charge in [0.1, 0.15) is 5.76 Å². The second kappa shape index (κ2) is 5.48. The maximum atomic E-state index is 8.89. The van der Waals surface area contributed by atoms with E-state index in [1.807, 2.05) is 12.1 Å². The van der Waals surface area contributed by atoms with E-state index < -0.39 is 0 Å². The first-order valence-electron chi connectivity index (χ1n) is 5.38. The average Bonchev–Trinajstić information content (AvgIpc) is 2.74. The summed E-state index contributed by atoms with van der Waals surface area (Å²) in [7, 11) is 0. The van der Waals surface area contributed by atoms with Crippen LogP contribution in [0.25, 0.3) is 0 Å². The van der Waals surface area contributed by atoms with E-state index in [9.17, 15) is 0 Å². The zero-order chi connectivity index (χ0) is 11.4. The lowest BCUT2D eigenvalue weighted by molar-refractivity contribution is 0.156. The van der Waals surface area contributed by atoms with Gasteiger partial charge in [-0.25, -0.2) is 0 Å². The largest absolute Gasteiger partial charge is 0.453 e. The van der Waals surface area contributed by atoms with Crippen molar-refractivity contribution in [2.45, 2.75) is 12.5 Å². The van der Waals surface area contributed by atoms with Gasteiger partial charge in [-0.15, -0.1) is 0 Å². The minimum absolute atomic E-state index is 0.0819. The van der Waals surface area contributed by atoms with E-state index in [1.54, 1.807) is 0 Å². The van der Waals surface area contributed by atoms with Crippen molar-refractivity contribution >= 4 is 15.9 Å². The van der Waals surface area contributed by atoms with Crippen LogP contribution in [-0.4, -0.2) is 31.1 Å². The summed E-state index contributed by atoms with van der Waals surface area (Å²) in [6, 6.07) is 6.13. The van der Waals surface area contributed by atoms with Gasteiger partial charge >= 0.3 is 0 Å². The normalized spacial score (nSPS) is 19.2. The summed E-state index contributed by atoms with van der Waals surface area (Å²) in [5, 5.41) is 12.2. The third kappa shape index (κ3) is 2.64. The molecule has 4 nitrogen and oxygen atoms in total. The summed E-state index contributed by atoms with van der Waals surface area (Å²) in [4.78, 5) is 2.30. The van der Waals surface area contributed by atoms with Crippen LogP contribution in [0.15, 0.2) is 21.2 Å². The minimum atomic E-state index is 0.0819. The van der Waals surface area contributed by atoms with Crippen LogP contribution in [0.4, 0.5) is 0 Å². The fourth-order valence-corrected chi connectivity index (χ4v) is 2.32. The molecule has 0 bridgehead atoms. The average molecular weight is 284 g/mol. The van der Waals surface area contributed by atoms with Crippen molar-refractivity contribution in [2.75, 3.05) is 26.2 Å². The third-order valence-electron chi connectivity index (χ3n) is 2.80. The fourth-order valence-electron chi connectivity index (χ4n) is 2.00. The summed E-state index contributed by atoms with van der Waals surface area (Å²) in [6.45, 7) is 3.88. The molecule has 2 heterocycles. The molecule has 1 fully saturated rings. The van der Waals surface area contributed by atoms with Crippen LogP contribution in [-0.2, 0) is 0 Å². The van der Waals surface area contributed by atoms with E-state index in [0.29, 0.717) is 6.42 Å². The second-order valence-corrected chi connectivity index (χ2v) is 4.59. The fraction of sp³-hybridized carbons (Fsp3) is 0.545. The molecule has 0 spiro atoms. The maximum absolute atomic E-state index is 8.89. The van der Waals surface area contributed by atoms with Crippen molar-refractivity contribution in [3.05, 3.63) is 22.6 Å². The van der Waals surface area contributed by atoms with Gasteiger partial charge in [0.05, 0.1) is 18.5 Å². The van der Waals surface area contributed by atoms with Crippen molar-refractivity contribution in [3.63, 3.8) is 0 Å². The Kier molecular flexibility index (Phi) is 3.99. The number of hydrogen-bond acceptors (Lipinski definition) is 4. The molecule has 5 heteroatoms. The number of hydrogen-bond donors (Lipinski definition) is 1. The zero-order valence-corrected chi connectivity index (χ0v) is 10.5. The number of nitrogens with zero attached hydrogens (tertiary/aromatic N) is 2. The monoisotopic (exact) mass is 283 g/mol. The molecule has 0 radical (unpaired) electrons. The maximum Gasteiger partial charge on any atom is 0.169 e. The quantitative estimate of drug-likeness (QED) is 0.921. The van der Waals surface area contributed by atoms with Crippen molar-refractivity contribution in [3.8, 4) is 6.07 Å². The zero-order valence-electron chi connectivity index (χ0n) is 8.95. The van der Waals surface area contributed by atoms with Crippen molar-refractivity contribution in [1.82, 2.24) is 10.2 Å². The first-order valence-corrected chi connectivity index (χ1v) is 6.17. The van der Waals surface area contributed by atoms with Gasteiger partial charge in [0.2, 0.25) is 0 Å². The lowest BCUT2D eigenvalue weighted by Gasteiger charge is -2.32. The molecular weight excluding hydrogens is 270 g/mol. The molecule has 86 valence electrons. The summed E-state index contributed by atoms with van der Waals surface area (Å²) in [5.74, 6) is 0.871. The molecule has 1 atom stereocenters. The predicted molar refractivity (Wildman–Crippen MR) is 63.8 cm³/mol. The van der Waals surface area contributed by atoms with Gasteiger partial charge in [0, 0.05) is 26.2 Å². The van der Waals surface area contributed by atoms with Crippen molar-refractivity contribution in [1.29, 1.82) is 5.26 Å². The number of rotatable bonds is 3. The second-order valence-electron chi connectivity index (χ2n) is 3.81. The SMILES string of the molecule is N#CC[C@H](c1ccc(Br)o1)N1CCNCC1. The van der Waals surface area contributed by atoms with Gasteiger partial charge in [-0.2, -0.15) is 5.26 Å². The Morgan fingerprint density at radius 3 is 2.81 bits per heavy atom. The highest BCUT2D eigenvalue weighted by Gasteiger charge is 2.24. The Hall–Kier alpha value is -0.830. The van der Waals surface area contributed by atoms with Gasteiger partial charge in [-0.3, -0.25) is 4.90 Å². The van der Waals surface area contributed by atoms with Crippen LogP contribution in [0.1, 0.15) is 18.2 Å². The first-order chi connectivity index (χ1) is 7.81. The van der Waals surface area contributed by atoms with Crippen LogP contribution < -0.4 is 5.32 Å². The van der Waals surface area contributed by atoms with Gasteiger partial charge in [-0.1, -0.05) is 0 Å². The van der Waals surface area contributed by atoms with Gasteiger partial charge in [0.15, 0.2) is 4.67 Å². The number of nitriles is 1. The minimum Gasteiger partial charge on any atom is -0.453 e. The van der Waals surface area contributed by atoms with E-state index in [4.69, 9.17) is 9.68 Å². The molecule has 1 aliphatic heterocycles. The highest BCUT2D eigenvalue weighted by molar-refractivity contribution is 9.10. The highest BCUT2D eigenvalue weighted by atomic mass is 79.9. The Morgan fingerprint density at radius 1 is 1.50 bits per heavy atom. The molecule has 0 unspecified atom stereocenters. The molecule has 1 saturated heterocycles. The topological polar surface area (TPSA) is 52.2 Å². The van der Waals surface area contributed by atoms with E-state index in [1.165, 1.54) is 0 Å². The molecule has 2 rings (SSSR count). The molecule has 0 aromatic carbocycles. The van der Waals surface area contributed by atoms with Gasteiger partial charge < -0.3 is 9.73 Å². The molecule has 1 aromatic heterocycles. The number of nitrogens with one attached hydrogen (secondary N) is 1. The Balaban J connectivity index is 2.13. The van der Waals surface area contributed by atoms with E-state index in [0.717, 1.165) is 36.6 Å². The Bertz CT molecular complexity index is 379. The van der Waals surface area contributed by atoms with Crippen LogP contribution in [0.2, 0.25) is 0 Å². The van der Waals surface area contributed by atoms with Gasteiger partial charge in [0.25, 0.3) is 0 Å². The lowest BCUT2D eigenvalue weighted by atomic mass is 10.1. The van der Waals surface area contributed by atoms with Crippen LogP contribution >= 0.6 is 15.9 Å². The standard InChI is InChI=1S/C11H14BrN3O/c12-11-2-1-10(16-11)9(3-4-13)15-7-5-14-6-8-15/h1-2,9,14H,3,5-8H2/t9-/m1/s1. The molecule has 1 aliphatic rings. The molecule has 1 aromatic rings. The number of piperazine rings is 1. The van der Waals surface area contributed by atoms with E-state index in [2.05, 4.69) is 32.2 Å². The van der Waals surface area contributed by atoms with Crippen LogP contribution in [0.3, 0.4) is 0 Å². The van der Waals surface area contributed by atoms with Crippen molar-refractivity contribution in [2.24, 2.45) is 0 Å². The first kappa shape index (κ1) is 11.6. The van der Waals surface area contributed by atoms with E-state index in [-0.39, 0.29) is 6.04 Å². The van der Waals surface area contributed by atoms with Crippen LogP contribution in [0, 0.1) is 11.3 Å². The molecule has 16 heavy (non-hydrogen) atoms. The third-order valence-corrected chi connectivity index (χ3v) is 3.23. The number of furan rings is 1. The predicted octanol–water partition coefficient (Wildman–Crippen LogP) is 1.90. The summed E-state index contributed by atoms with van der Waals surface area (Å²) in [6.07, 6.45) is 0.472. The summed E-state index contributed by atoms with van der Waals surface area (Å²) in [5.41, 5.74) is 0. The highest BCUT2D eigenvalue weighted by Crippen LogP contribution is 2.27. The Labute approximate surface area is 103 Å². The summed E-state index contributed by atoms with van der Waals surface area (Å²) >= 11 is 3.30. The molecule has 0 aliphatic carbocycles.